The molecule has 156 valence electrons. The number of nitrogens with one attached hydrogen (secondary N) is 1. The van der Waals surface area contributed by atoms with Crippen LogP contribution in [0.15, 0.2) is 36.5 Å². The van der Waals surface area contributed by atoms with E-state index in [1.54, 1.807) is 24.3 Å². The number of benzene rings is 1. The highest BCUT2D eigenvalue weighted by molar-refractivity contribution is 6.34. The molecule has 1 unspecified atom stereocenters. The van der Waals surface area contributed by atoms with E-state index in [9.17, 15) is 23.1 Å². The molecule has 0 bridgehead atoms. The van der Waals surface area contributed by atoms with Gasteiger partial charge in [0.1, 0.15) is 5.69 Å². The number of pyridine rings is 1. The topological polar surface area (TPSA) is 62.2 Å². The summed E-state index contributed by atoms with van der Waals surface area (Å²) in [5.74, 6) is -0.898. The lowest BCUT2D eigenvalue weighted by Crippen LogP contribution is -2.47. The Bertz CT molecular complexity index is 900. The molecule has 1 saturated carbocycles. The van der Waals surface area contributed by atoms with Gasteiger partial charge in [0.25, 0.3) is 5.91 Å². The van der Waals surface area contributed by atoms with Crippen LogP contribution in [0.1, 0.15) is 59.8 Å². The van der Waals surface area contributed by atoms with E-state index < -0.39 is 40.0 Å². The molecule has 1 amide bonds. The highest BCUT2D eigenvalue weighted by Gasteiger charge is 2.41. The van der Waals surface area contributed by atoms with Crippen molar-refractivity contribution in [3.8, 4) is 0 Å². The maximum atomic E-state index is 13.1. The van der Waals surface area contributed by atoms with E-state index in [2.05, 4.69) is 10.3 Å². The minimum absolute atomic E-state index is 0.413. The number of aliphatic hydroxyl groups is 1. The number of alkyl halides is 3. The monoisotopic (exact) mass is 446 g/mol. The third-order valence-electron chi connectivity index (χ3n) is 5.12. The maximum Gasteiger partial charge on any atom is 0.417 e. The number of amides is 1. The standard InChI is InChI=1S/C20H19Cl2F3N2O2/c21-13-6-4-5-12(11-13)17(19(29)8-2-1-3-9-19)27-18(28)16-15(22)14(7-10-26-16)20(23,24)25/h4-7,10-11,17,29H,1-3,8-9H2,(H,27,28). The van der Waals surface area contributed by atoms with Gasteiger partial charge in [-0.3, -0.25) is 4.79 Å². The largest absolute Gasteiger partial charge is 0.417 e. The molecule has 2 aromatic rings. The summed E-state index contributed by atoms with van der Waals surface area (Å²) in [6.45, 7) is 0. The van der Waals surface area contributed by atoms with Crippen LogP contribution >= 0.6 is 23.2 Å². The van der Waals surface area contributed by atoms with Crippen LogP contribution in [0.5, 0.6) is 0 Å². The molecule has 1 aliphatic carbocycles. The van der Waals surface area contributed by atoms with Gasteiger partial charge in [-0.1, -0.05) is 54.6 Å². The zero-order chi connectivity index (χ0) is 21.2. The average molecular weight is 447 g/mol. The van der Waals surface area contributed by atoms with Gasteiger partial charge in [-0.25, -0.2) is 4.98 Å². The van der Waals surface area contributed by atoms with Crippen molar-refractivity contribution in [1.82, 2.24) is 10.3 Å². The molecule has 0 radical (unpaired) electrons. The van der Waals surface area contributed by atoms with Gasteiger partial charge in [0.05, 0.1) is 22.2 Å². The molecular weight excluding hydrogens is 428 g/mol. The number of rotatable bonds is 4. The van der Waals surface area contributed by atoms with Crippen LogP contribution in [-0.4, -0.2) is 21.6 Å². The predicted molar refractivity (Wildman–Crippen MR) is 104 cm³/mol. The summed E-state index contributed by atoms with van der Waals surface area (Å²) in [7, 11) is 0. The highest BCUT2D eigenvalue weighted by atomic mass is 35.5. The van der Waals surface area contributed by atoms with Crippen molar-refractivity contribution < 1.29 is 23.1 Å². The molecular formula is C20H19Cl2F3N2O2. The van der Waals surface area contributed by atoms with Gasteiger partial charge in [0, 0.05) is 11.2 Å². The molecule has 1 atom stereocenters. The predicted octanol–water partition coefficient (Wildman–Crippen LogP) is 5.57. The molecule has 29 heavy (non-hydrogen) atoms. The van der Waals surface area contributed by atoms with Gasteiger partial charge >= 0.3 is 6.18 Å². The molecule has 2 N–H and O–H groups in total. The molecule has 4 nitrogen and oxygen atoms in total. The summed E-state index contributed by atoms with van der Waals surface area (Å²) in [6, 6.07) is 6.48. The van der Waals surface area contributed by atoms with Gasteiger partial charge in [-0.15, -0.1) is 0 Å². The molecule has 1 aromatic carbocycles. The molecule has 0 spiro atoms. The maximum absolute atomic E-state index is 13.1. The van der Waals surface area contributed by atoms with Crippen molar-refractivity contribution in [3.05, 3.63) is 63.4 Å². The molecule has 1 fully saturated rings. The van der Waals surface area contributed by atoms with E-state index in [1.807, 2.05) is 0 Å². The third-order valence-corrected chi connectivity index (χ3v) is 5.74. The normalized spacial score (nSPS) is 17.6. The van der Waals surface area contributed by atoms with Crippen molar-refractivity contribution >= 4 is 29.1 Å². The second kappa shape index (κ2) is 8.50. The van der Waals surface area contributed by atoms with Crippen LogP contribution in [-0.2, 0) is 6.18 Å². The summed E-state index contributed by atoms with van der Waals surface area (Å²) in [6.07, 6.45) is -0.462. The first kappa shape index (κ1) is 21.9. The fourth-order valence-electron chi connectivity index (χ4n) is 3.69. The van der Waals surface area contributed by atoms with E-state index in [1.165, 1.54) is 0 Å². The lowest BCUT2D eigenvalue weighted by Gasteiger charge is -2.40. The highest BCUT2D eigenvalue weighted by Crippen LogP contribution is 2.40. The van der Waals surface area contributed by atoms with Gasteiger partial charge in [0.2, 0.25) is 0 Å². The van der Waals surface area contributed by atoms with Crippen LogP contribution in [0.2, 0.25) is 10.0 Å². The SMILES string of the molecule is O=C(NC(c1cccc(Cl)c1)C1(O)CCCCC1)c1nccc(C(F)(F)F)c1Cl. The second-order valence-electron chi connectivity index (χ2n) is 7.14. The Hall–Kier alpha value is -1.83. The first-order valence-electron chi connectivity index (χ1n) is 9.12. The van der Waals surface area contributed by atoms with E-state index in [-0.39, 0.29) is 0 Å². The lowest BCUT2D eigenvalue weighted by atomic mass is 9.77. The van der Waals surface area contributed by atoms with Crippen LogP contribution in [0.3, 0.4) is 0 Å². The zero-order valence-corrected chi connectivity index (χ0v) is 16.8. The minimum Gasteiger partial charge on any atom is -0.387 e. The van der Waals surface area contributed by atoms with Gasteiger partial charge in [-0.2, -0.15) is 13.2 Å². The third kappa shape index (κ3) is 4.85. The van der Waals surface area contributed by atoms with Crippen molar-refractivity contribution in [3.63, 3.8) is 0 Å². The smallest absolute Gasteiger partial charge is 0.387 e. The number of carbonyl (C=O) groups is 1. The van der Waals surface area contributed by atoms with Crippen LogP contribution in [0, 0.1) is 0 Å². The lowest BCUT2D eigenvalue weighted by molar-refractivity contribution is -0.137. The molecule has 3 rings (SSSR count). The Morgan fingerprint density at radius 1 is 1.17 bits per heavy atom. The minimum atomic E-state index is -4.72. The Labute approximate surface area is 176 Å². The number of hydrogen-bond donors (Lipinski definition) is 2. The quantitative estimate of drug-likeness (QED) is 0.644. The van der Waals surface area contributed by atoms with Gasteiger partial charge in [-0.05, 0) is 36.6 Å². The summed E-state index contributed by atoms with van der Waals surface area (Å²) >= 11 is 11.9. The fraction of sp³-hybridized carbons (Fsp3) is 0.400. The van der Waals surface area contributed by atoms with Crippen LogP contribution < -0.4 is 5.32 Å². The summed E-state index contributed by atoms with van der Waals surface area (Å²) < 4.78 is 39.4. The summed E-state index contributed by atoms with van der Waals surface area (Å²) in [4.78, 5) is 16.6. The number of halogens is 5. The van der Waals surface area contributed by atoms with Crippen LogP contribution in [0.25, 0.3) is 0 Å². The first-order chi connectivity index (χ1) is 13.6. The first-order valence-corrected chi connectivity index (χ1v) is 9.88. The molecule has 0 aliphatic heterocycles. The molecule has 0 saturated heterocycles. The van der Waals surface area contributed by atoms with Crippen molar-refractivity contribution in [2.75, 3.05) is 0 Å². The van der Waals surface area contributed by atoms with Gasteiger partial charge in [0.15, 0.2) is 0 Å². The van der Waals surface area contributed by atoms with Gasteiger partial charge < -0.3 is 10.4 Å². The number of nitrogens with zero attached hydrogens (tertiary/aromatic N) is 1. The second-order valence-corrected chi connectivity index (χ2v) is 7.96. The van der Waals surface area contributed by atoms with E-state index in [4.69, 9.17) is 23.2 Å². The number of carbonyl (C=O) groups excluding carboxylic acids is 1. The van der Waals surface area contributed by atoms with Crippen molar-refractivity contribution in [1.29, 1.82) is 0 Å². The Balaban J connectivity index is 1.97. The van der Waals surface area contributed by atoms with E-state index in [0.717, 1.165) is 25.5 Å². The molecule has 9 heteroatoms. The Morgan fingerprint density at radius 3 is 2.48 bits per heavy atom. The average Bonchev–Trinajstić information content (AvgIpc) is 2.65. The summed E-state index contributed by atoms with van der Waals surface area (Å²) in [5, 5.41) is 13.5. The molecule has 1 aromatic heterocycles. The molecule has 1 heterocycles. The number of aromatic nitrogens is 1. The van der Waals surface area contributed by atoms with Crippen molar-refractivity contribution in [2.45, 2.75) is 49.9 Å². The Kier molecular flexibility index (Phi) is 6.41. The Morgan fingerprint density at radius 2 is 1.86 bits per heavy atom. The van der Waals surface area contributed by atoms with E-state index >= 15 is 0 Å². The summed E-state index contributed by atoms with van der Waals surface area (Å²) in [5.41, 5.74) is -2.39. The zero-order valence-electron chi connectivity index (χ0n) is 15.3. The van der Waals surface area contributed by atoms with E-state index in [0.29, 0.717) is 29.5 Å². The fourth-order valence-corrected chi connectivity index (χ4v) is 4.19. The van der Waals surface area contributed by atoms with Crippen molar-refractivity contribution in [2.24, 2.45) is 0 Å². The number of hydrogen-bond acceptors (Lipinski definition) is 3. The van der Waals surface area contributed by atoms with Crippen LogP contribution in [0.4, 0.5) is 13.2 Å². The molecule has 1 aliphatic rings.